The first-order chi connectivity index (χ1) is 6.88. The third-order valence-corrected chi connectivity index (χ3v) is 2.46. The van der Waals surface area contributed by atoms with Gasteiger partial charge in [-0.1, -0.05) is 0 Å². The Morgan fingerprint density at radius 2 is 2.20 bits per heavy atom. The monoisotopic (exact) mass is 229 g/mol. The molecular formula is C10H16ClN3O. The number of rotatable bonds is 1. The van der Waals surface area contributed by atoms with E-state index in [1.807, 2.05) is 17.0 Å². The van der Waals surface area contributed by atoms with Crippen molar-refractivity contribution in [2.75, 3.05) is 26.2 Å². The maximum Gasteiger partial charge on any atom is 0.270 e. The average Bonchev–Trinajstić information content (AvgIpc) is 2.59. The van der Waals surface area contributed by atoms with E-state index in [9.17, 15) is 4.79 Å². The molecule has 1 aromatic heterocycles. The van der Waals surface area contributed by atoms with Crippen molar-refractivity contribution >= 4 is 18.3 Å². The number of carbonyl (C=O) groups excluding carboxylic acids is 1. The van der Waals surface area contributed by atoms with Gasteiger partial charge in [-0.15, -0.1) is 12.4 Å². The summed E-state index contributed by atoms with van der Waals surface area (Å²) in [5.74, 6) is 0.110. The van der Waals surface area contributed by atoms with Gasteiger partial charge in [0.2, 0.25) is 0 Å². The number of hydrogen-bond acceptors (Lipinski definition) is 2. The maximum atomic E-state index is 11.9. The zero-order valence-corrected chi connectivity index (χ0v) is 9.35. The second kappa shape index (κ2) is 5.78. The quantitative estimate of drug-likeness (QED) is 0.751. The molecule has 0 aromatic carbocycles. The van der Waals surface area contributed by atoms with E-state index >= 15 is 0 Å². The number of carbonyl (C=O) groups is 1. The summed E-state index contributed by atoms with van der Waals surface area (Å²) >= 11 is 0. The zero-order chi connectivity index (χ0) is 9.80. The lowest BCUT2D eigenvalue weighted by Gasteiger charge is -2.18. The van der Waals surface area contributed by atoms with Crippen LogP contribution in [0.15, 0.2) is 18.3 Å². The highest BCUT2D eigenvalue weighted by Gasteiger charge is 2.16. The Labute approximate surface area is 95.4 Å². The smallest absolute Gasteiger partial charge is 0.270 e. The summed E-state index contributed by atoms with van der Waals surface area (Å²) in [4.78, 5) is 16.7. The van der Waals surface area contributed by atoms with E-state index < -0.39 is 0 Å². The van der Waals surface area contributed by atoms with Crippen molar-refractivity contribution in [1.29, 1.82) is 0 Å². The fraction of sp³-hybridized carbons (Fsp3) is 0.500. The summed E-state index contributed by atoms with van der Waals surface area (Å²) in [6, 6.07) is 3.67. The summed E-state index contributed by atoms with van der Waals surface area (Å²) in [6.45, 7) is 3.56. The lowest BCUT2D eigenvalue weighted by Crippen LogP contribution is -2.34. The predicted octanol–water partition coefficient (Wildman–Crippen LogP) is 0.872. The number of H-pyrrole nitrogens is 1. The lowest BCUT2D eigenvalue weighted by atomic mass is 10.3. The van der Waals surface area contributed by atoms with E-state index in [1.54, 1.807) is 6.20 Å². The van der Waals surface area contributed by atoms with Crippen molar-refractivity contribution in [3.05, 3.63) is 24.0 Å². The van der Waals surface area contributed by atoms with Crippen molar-refractivity contribution in [3.63, 3.8) is 0 Å². The van der Waals surface area contributed by atoms with Gasteiger partial charge in [-0.05, 0) is 25.1 Å². The molecule has 1 saturated heterocycles. The van der Waals surface area contributed by atoms with E-state index in [1.165, 1.54) is 0 Å². The van der Waals surface area contributed by atoms with Gasteiger partial charge < -0.3 is 15.2 Å². The highest BCUT2D eigenvalue weighted by Crippen LogP contribution is 2.03. The molecule has 0 radical (unpaired) electrons. The number of aromatic nitrogens is 1. The van der Waals surface area contributed by atoms with Crippen LogP contribution in [0.5, 0.6) is 0 Å². The second-order valence-corrected chi connectivity index (χ2v) is 3.48. The van der Waals surface area contributed by atoms with Crippen LogP contribution >= 0.6 is 12.4 Å². The molecular weight excluding hydrogens is 214 g/mol. The first-order valence-electron chi connectivity index (χ1n) is 5.01. The topological polar surface area (TPSA) is 48.1 Å². The van der Waals surface area contributed by atoms with E-state index in [4.69, 9.17) is 0 Å². The van der Waals surface area contributed by atoms with Crippen molar-refractivity contribution in [2.24, 2.45) is 0 Å². The van der Waals surface area contributed by atoms with Crippen LogP contribution in [0.3, 0.4) is 0 Å². The van der Waals surface area contributed by atoms with Crippen LogP contribution in [0.25, 0.3) is 0 Å². The molecule has 4 nitrogen and oxygen atoms in total. The SMILES string of the molecule is Cl.O=C(c1ccc[nH]1)N1CCCNCC1. The minimum absolute atomic E-state index is 0. The average molecular weight is 230 g/mol. The van der Waals surface area contributed by atoms with Gasteiger partial charge in [0.25, 0.3) is 5.91 Å². The van der Waals surface area contributed by atoms with Crippen molar-refractivity contribution in [3.8, 4) is 0 Å². The molecule has 1 aliphatic rings. The molecule has 0 spiro atoms. The van der Waals surface area contributed by atoms with Crippen molar-refractivity contribution in [2.45, 2.75) is 6.42 Å². The molecule has 1 amide bonds. The minimum atomic E-state index is 0. The molecule has 0 bridgehead atoms. The minimum Gasteiger partial charge on any atom is -0.357 e. The normalized spacial score (nSPS) is 16.7. The summed E-state index contributed by atoms with van der Waals surface area (Å²) in [5, 5.41) is 3.27. The molecule has 0 saturated carbocycles. The molecule has 1 fully saturated rings. The molecule has 15 heavy (non-hydrogen) atoms. The number of nitrogens with one attached hydrogen (secondary N) is 2. The van der Waals surface area contributed by atoms with Gasteiger partial charge in [0.1, 0.15) is 5.69 Å². The van der Waals surface area contributed by atoms with Crippen molar-refractivity contribution < 1.29 is 4.79 Å². The highest BCUT2D eigenvalue weighted by molar-refractivity contribution is 5.92. The fourth-order valence-electron chi connectivity index (χ4n) is 1.68. The number of hydrogen-bond donors (Lipinski definition) is 2. The Bertz CT molecular complexity index is 292. The van der Waals surface area contributed by atoms with E-state index in [-0.39, 0.29) is 18.3 Å². The van der Waals surface area contributed by atoms with Crippen LogP contribution in [0.1, 0.15) is 16.9 Å². The van der Waals surface area contributed by atoms with Crippen LogP contribution in [-0.2, 0) is 0 Å². The summed E-state index contributed by atoms with van der Waals surface area (Å²) < 4.78 is 0. The molecule has 0 aliphatic carbocycles. The van der Waals surface area contributed by atoms with Crippen LogP contribution in [0.4, 0.5) is 0 Å². The Morgan fingerprint density at radius 1 is 1.33 bits per heavy atom. The highest BCUT2D eigenvalue weighted by atomic mass is 35.5. The zero-order valence-electron chi connectivity index (χ0n) is 8.53. The van der Waals surface area contributed by atoms with E-state index in [2.05, 4.69) is 10.3 Å². The molecule has 2 N–H and O–H groups in total. The summed E-state index contributed by atoms with van der Waals surface area (Å²) in [5.41, 5.74) is 0.687. The van der Waals surface area contributed by atoms with Crippen LogP contribution in [0.2, 0.25) is 0 Å². The van der Waals surface area contributed by atoms with Gasteiger partial charge in [-0.3, -0.25) is 4.79 Å². The summed E-state index contributed by atoms with van der Waals surface area (Å²) in [6.07, 6.45) is 2.82. The van der Waals surface area contributed by atoms with Crippen LogP contribution in [0, 0.1) is 0 Å². The Hall–Kier alpha value is -1.00. The first kappa shape index (κ1) is 12.1. The standard InChI is InChI=1S/C10H15N3O.ClH/c14-10(9-3-1-5-12-9)13-7-2-4-11-6-8-13;/h1,3,5,11-12H,2,4,6-8H2;1H. The number of amides is 1. The fourth-order valence-corrected chi connectivity index (χ4v) is 1.68. The molecule has 0 atom stereocenters. The van der Waals surface area contributed by atoms with Gasteiger partial charge in [0.05, 0.1) is 0 Å². The van der Waals surface area contributed by atoms with Crippen LogP contribution in [-0.4, -0.2) is 42.0 Å². The molecule has 0 unspecified atom stereocenters. The number of halogens is 1. The largest absolute Gasteiger partial charge is 0.357 e. The number of nitrogens with zero attached hydrogens (tertiary/aromatic N) is 1. The molecule has 1 aliphatic heterocycles. The summed E-state index contributed by atoms with van der Waals surface area (Å²) in [7, 11) is 0. The third-order valence-electron chi connectivity index (χ3n) is 2.46. The maximum absolute atomic E-state index is 11.9. The van der Waals surface area contributed by atoms with Crippen molar-refractivity contribution in [1.82, 2.24) is 15.2 Å². The van der Waals surface area contributed by atoms with Gasteiger partial charge in [-0.2, -0.15) is 0 Å². The predicted molar refractivity (Wildman–Crippen MR) is 61.4 cm³/mol. The second-order valence-electron chi connectivity index (χ2n) is 3.48. The Balaban J connectivity index is 0.00000112. The van der Waals surface area contributed by atoms with E-state index in [0.717, 1.165) is 32.6 Å². The molecule has 5 heteroatoms. The van der Waals surface area contributed by atoms with E-state index in [0.29, 0.717) is 5.69 Å². The molecule has 84 valence electrons. The van der Waals surface area contributed by atoms with Gasteiger partial charge >= 0.3 is 0 Å². The third kappa shape index (κ3) is 2.97. The van der Waals surface area contributed by atoms with Gasteiger partial charge in [0, 0.05) is 25.8 Å². The van der Waals surface area contributed by atoms with Crippen LogP contribution < -0.4 is 5.32 Å². The number of aromatic amines is 1. The lowest BCUT2D eigenvalue weighted by molar-refractivity contribution is 0.0761. The Morgan fingerprint density at radius 3 is 2.93 bits per heavy atom. The first-order valence-corrected chi connectivity index (χ1v) is 5.01. The van der Waals surface area contributed by atoms with Gasteiger partial charge in [-0.25, -0.2) is 0 Å². The Kier molecular flexibility index (Phi) is 4.65. The van der Waals surface area contributed by atoms with Gasteiger partial charge in [0.15, 0.2) is 0 Å². The molecule has 1 aromatic rings. The molecule has 2 rings (SSSR count). The molecule has 2 heterocycles.